The number of aliphatic hydroxyl groups excluding tert-OH is 3. The van der Waals surface area contributed by atoms with Crippen molar-refractivity contribution in [2.24, 2.45) is 5.41 Å². The van der Waals surface area contributed by atoms with Gasteiger partial charge >= 0.3 is 0 Å². The molecule has 0 aliphatic heterocycles. The lowest BCUT2D eigenvalue weighted by Gasteiger charge is -2.27. The van der Waals surface area contributed by atoms with E-state index in [0.717, 1.165) is 0 Å². The molecule has 0 aromatic heterocycles. The van der Waals surface area contributed by atoms with Crippen molar-refractivity contribution in [3.8, 4) is 0 Å². The summed E-state index contributed by atoms with van der Waals surface area (Å²) >= 11 is 0. The molecule has 0 aliphatic carbocycles. The summed E-state index contributed by atoms with van der Waals surface area (Å²) in [5.74, 6) is 0. The van der Waals surface area contributed by atoms with Crippen LogP contribution in [0.1, 0.15) is 13.3 Å². The first-order chi connectivity index (χ1) is 7.24. The van der Waals surface area contributed by atoms with Crippen LogP contribution in [0.2, 0.25) is 0 Å². The van der Waals surface area contributed by atoms with Crippen LogP contribution in [0.4, 0.5) is 0 Å². The fourth-order valence-corrected chi connectivity index (χ4v) is 1.04. The molecule has 0 amide bonds. The first kappa shape index (κ1) is 14.8. The second-order valence-corrected chi connectivity index (χ2v) is 3.56. The fourth-order valence-electron chi connectivity index (χ4n) is 1.04. The molecule has 0 bridgehead atoms. The lowest BCUT2D eigenvalue weighted by molar-refractivity contribution is -0.0457. The van der Waals surface area contributed by atoms with Crippen LogP contribution in [0.25, 0.3) is 0 Å². The highest BCUT2D eigenvalue weighted by atomic mass is 16.5. The standard InChI is InChI=1S/C10H22O5/c1-2-10(7-12,8-13)9-15-6-5-14-4-3-11/h11-13H,2-9H2,1H3. The minimum Gasteiger partial charge on any atom is -0.396 e. The number of hydrogen-bond donors (Lipinski definition) is 3. The zero-order valence-corrected chi connectivity index (χ0v) is 9.31. The van der Waals surface area contributed by atoms with Crippen molar-refractivity contribution in [2.75, 3.05) is 46.2 Å². The molecule has 5 nitrogen and oxygen atoms in total. The van der Waals surface area contributed by atoms with Crippen molar-refractivity contribution in [2.45, 2.75) is 13.3 Å². The van der Waals surface area contributed by atoms with E-state index in [1.807, 2.05) is 6.92 Å². The van der Waals surface area contributed by atoms with E-state index in [4.69, 9.17) is 24.8 Å². The van der Waals surface area contributed by atoms with Gasteiger partial charge < -0.3 is 24.8 Å². The maximum atomic E-state index is 9.11. The molecular formula is C10H22O5. The minimum absolute atomic E-state index is 0.00613. The van der Waals surface area contributed by atoms with Gasteiger partial charge in [-0.15, -0.1) is 0 Å². The van der Waals surface area contributed by atoms with Gasteiger partial charge in [0.25, 0.3) is 0 Å². The smallest absolute Gasteiger partial charge is 0.0701 e. The van der Waals surface area contributed by atoms with Crippen molar-refractivity contribution < 1.29 is 24.8 Å². The molecule has 0 saturated heterocycles. The highest BCUT2D eigenvalue weighted by molar-refractivity contribution is 4.75. The predicted molar refractivity (Wildman–Crippen MR) is 55.6 cm³/mol. The Morgan fingerprint density at radius 2 is 1.53 bits per heavy atom. The summed E-state index contributed by atoms with van der Waals surface area (Å²) in [6.07, 6.45) is 0.664. The van der Waals surface area contributed by atoms with Crippen LogP contribution in [-0.4, -0.2) is 61.6 Å². The van der Waals surface area contributed by atoms with Gasteiger partial charge in [-0.05, 0) is 6.42 Å². The number of rotatable bonds is 10. The summed E-state index contributed by atoms with van der Waals surface area (Å²) in [5, 5.41) is 26.7. The Morgan fingerprint density at radius 1 is 0.933 bits per heavy atom. The number of aliphatic hydroxyl groups is 3. The molecule has 0 spiro atoms. The Bertz CT molecular complexity index is 128. The van der Waals surface area contributed by atoms with Gasteiger partial charge in [0, 0.05) is 5.41 Å². The van der Waals surface area contributed by atoms with Crippen LogP contribution in [0.3, 0.4) is 0 Å². The third-order valence-electron chi connectivity index (χ3n) is 2.44. The highest BCUT2D eigenvalue weighted by Gasteiger charge is 2.26. The third kappa shape index (κ3) is 6.06. The average Bonchev–Trinajstić information content (AvgIpc) is 2.29. The maximum absolute atomic E-state index is 9.11. The lowest BCUT2D eigenvalue weighted by Crippen LogP contribution is -2.34. The highest BCUT2D eigenvalue weighted by Crippen LogP contribution is 2.20. The maximum Gasteiger partial charge on any atom is 0.0701 e. The van der Waals surface area contributed by atoms with Crippen LogP contribution >= 0.6 is 0 Å². The van der Waals surface area contributed by atoms with Crippen LogP contribution in [-0.2, 0) is 9.47 Å². The van der Waals surface area contributed by atoms with Crippen LogP contribution in [0, 0.1) is 5.41 Å². The largest absolute Gasteiger partial charge is 0.396 e. The second-order valence-electron chi connectivity index (χ2n) is 3.56. The Kier molecular flexibility index (Phi) is 8.94. The van der Waals surface area contributed by atoms with Gasteiger partial charge in [0.2, 0.25) is 0 Å². The van der Waals surface area contributed by atoms with E-state index in [9.17, 15) is 0 Å². The van der Waals surface area contributed by atoms with E-state index in [1.54, 1.807) is 0 Å². The summed E-state index contributed by atoms with van der Waals surface area (Å²) in [6, 6.07) is 0. The molecule has 92 valence electrons. The summed E-state index contributed by atoms with van der Waals surface area (Å²) in [7, 11) is 0. The normalized spacial score (nSPS) is 12.0. The predicted octanol–water partition coefficient (Wildman–Crippen LogP) is -0.607. The summed E-state index contributed by atoms with van der Waals surface area (Å²) in [4.78, 5) is 0. The lowest BCUT2D eigenvalue weighted by atomic mass is 9.88. The Morgan fingerprint density at radius 3 is 2.00 bits per heavy atom. The molecule has 0 saturated carbocycles. The quantitative estimate of drug-likeness (QED) is 0.430. The Labute approximate surface area is 90.6 Å². The third-order valence-corrected chi connectivity index (χ3v) is 2.44. The Hall–Kier alpha value is -0.200. The summed E-state index contributed by atoms with van der Waals surface area (Å²) in [6.45, 7) is 3.18. The fraction of sp³-hybridized carbons (Fsp3) is 1.00. The molecule has 15 heavy (non-hydrogen) atoms. The van der Waals surface area contributed by atoms with E-state index in [-0.39, 0.29) is 19.8 Å². The van der Waals surface area contributed by atoms with Crippen LogP contribution in [0.15, 0.2) is 0 Å². The summed E-state index contributed by atoms with van der Waals surface area (Å²) in [5.41, 5.74) is -0.545. The molecule has 0 aliphatic rings. The molecule has 0 fully saturated rings. The molecular weight excluding hydrogens is 200 g/mol. The minimum atomic E-state index is -0.545. The molecule has 0 rings (SSSR count). The molecule has 0 heterocycles. The van der Waals surface area contributed by atoms with Crippen LogP contribution in [0.5, 0.6) is 0 Å². The number of hydrogen-bond acceptors (Lipinski definition) is 5. The van der Waals surface area contributed by atoms with Crippen molar-refractivity contribution in [3.63, 3.8) is 0 Å². The molecule has 5 heteroatoms. The van der Waals surface area contributed by atoms with Gasteiger partial charge in [-0.2, -0.15) is 0 Å². The summed E-state index contributed by atoms with van der Waals surface area (Å²) < 4.78 is 10.3. The van der Waals surface area contributed by atoms with Gasteiger partial charge in [-0.3, -0.25) is 0 Å². The zero-order chi connectivity index (χ0) is 11.6. The molecule has 0 atom stereocenters. The molecule has 3 N–H and O–H groups in total. The van der Waals surface area contributed by atoms with E-state index < -0.39 is 5.41 Å². The monoisotopic (exact) mass is 222 g/mol. The first-order valence-corrected chi connectivity index (χ1v) is 5.22. The van der Waals surface area contributed by atoms with Gasteiger partial charge in [0.1, 0.15) is 0 Å². The van der Waals surface area contributed by atoms with E-state index in [2.05, 4.69) is 0 Å². The zero-order valence-electron chi connectivity index (χ0n) is 9.31. The van der Waals surface area contributed by atoms with Crippen molar-refractivity contribution in [3.05, 3.63) is 0 Å². The van der Waals surface area contributed by atoms with Crippen molar-refractivity contribution in [1.82, 2.24) is 0 Å². The molecule has 0 unspecified atom stereocenters. The topological polar surface area (TPSA) is 79.2 Å². The molecule has 0 aromatic rings. The van der Waals surface area contributed by atoms with E-state index in [1.165, 1.54) is 0 Å². The Balaban J connectivity index is 3.54. The van der Waals surface area contributed by atoms with Gasteiger partial charge in [-0.25, -0.2) is 0 Å². The van der Waals surface area contributed by atoms with Crippen molar-refractivity contribution in [1.29, 1.82) is 0 Å². The van der Waals surface area contributed by atoms with E-state index in [0.29, 0.717) is 32.8 Å². The van der Waals surface area contributed by atoms with Gasteiger partial charge in [0.05, 0.1) is 46.2 Å². The van der Waals surface area contributed by atoms with E-state index >= 15 is 0 Å². The molecule has 0 aromatic carbocycles. The second kappa shape index (κ2) is 9.06. The first-order valence-electron chi connectivity index (χ1n) is 5.22. The van der Waals surface area contributed by atoms with Crippen LogP contribution < -0.4 is 0 Å². The molecule has 0 radical (unpaired) electrons. The average molecular weight is 222 g/mol. The van der Waals surface area contributed by atoms with Gasteiger partial charge in [-0.1, -0.05) is 6.92 Å². The number of ether oxygens (including phenoxy) is 2. The van der Waals surface area contributed by atoms with Gasteiger partial charge in [0.15, 0.2) is 0 Å². The van der Waals surface area contributed by atoms with Crippen molar-refractivity contribution >= 4 is 0 Å². The SMILES string of the molecule is CCC(CO)(CO)COCCOCCO.